The Hall–Kier alpha value is -4.67. The van der Waals surface area contributed by atoms with Gasteiger partial charge in [0.05, 0.1) is 5.69 Å². The van der Waals surface area contributed by atoms with Gasteiger partial charge < -0.3 is 0 Å². The van der Waals surface area contributed by atoms with Crippen molar-refractivity contribution in [2.45, 2.75) is 12.5 Å². The summed E-state index contributed by atoms with van der Waals surface area (Å²) < 4.78 is 0.190. The summed E-state index contributed by atoms with van der Waals surface area (Å²) in [6.45, 7) is 2.12. The third kappa shape index (κ3) is 3.53. The number of nitrogens with zero attached hydrogens (tertiary/aromatic N) is 3. The zero-order valence-electron chi connectivity index (χ0n) is 20.8. The molecule has 5 aromatic carbocycles. The molecule has 0 amide bonds. The van der Waals surface area contributed by atoms with Crippen molar-refractivity contribution < 1.29 is 0 Å². The third-order valence-corrected chi connectivity index (χ3v) is 7.18. The molecule has 0 bridgehead atoms. The van der Waals surface area contributed by atoms with E-state index in [-0.39, 0.29) is 4.70 Å². The standard InChI is InChI=1S/C33H29N4/c1-27-22-24-32(25-23-27)37(35-34-26-36(37)31-20-12-5-13-21-31)33(28-14-6-2-7-15-28,29-16-8-3-9-17-29)30-18-10-4-11-19-30/h2-26,35H,1H3/q+1. The van der Waals surface area contributed by atoms with Crippen LogP contribution in [-0.4, -0.2) is 6.34 Å². The number of quaternary nitrogens is 1. The van der Waals surface area contributed by atoms with Crippen molar-refractivity contribution in [3.8, 4) is 0 Å². The Kier molecular flexibility index (Phi) is 5.79. The van der Waals surface area contributed by atoms with Gasteiger partial charge in [0.25, 0.3) is 0 Å². The molecule has 37 heavy (non-hydrogen) atoms. The van der Waals surface area contributed by atoms with Gasteiger partial charge in [0, 0.05) is 28.8 Å². The molecule has 1 heterocycles. The normalized spacial score (nSPS) is 16.9. The second-order valence-electron chi connectivity index (χ2n) is 9.30. The number of rotatable bonds is 6. The predicted octanol–water partition coefficient (Wildman–Crippen LogP) is 7.18. The zero-order chi connectivity index (χ0) is 25.1. The van der Waals surface area contributed by atoms with E-state index in [4.69, 9.17) is 5.10 Å². The molecule has 180 valence electrons. The van der Waals surface area contributed by atoms with Crippen molar-refractivity contribution in [3.05, 3.63) is 168 Å². The van der Waals surface area contributed by atoms with Crippen LogP contribution in [-0.2, 0) is 5.54 Å². The lowest BCUT2D eigenvalue weighted by atomic mass is 9.75. The van der Waals surface area contributed by atoms with Crippen molar-refractivity contribution >= 4 is 17.7 Å². The summed E-state index contributed by atoms with van der Waals surface area (Å²) in [4.78, 5) is 0. The minimum Gasteiger partial charge on any atom is -0.147 e. The molecule has 5 aromatic rings. The van der Waals surface area contributed by atoms with Crippen LogP contribution in [0.4, 0.5) is 11.4 Å². The van der Waals surface area contributed by atoms with E-state index in [1.54, 1.807) is 0 Å². The zero-order valence-corrected chi connectivity index (χ0v) is 20.8. The van der Waals surface area contributed by atoms with Gasteiger partial charge in [0.1, 0.15) is 0 Å². The van der Waals surface area contributed by atoms with Gasteiger partial charge in [0.15, 0.2) is 12.0 Å². The lowest BCUT2D eigenvalue weighted by Gasteiger charge is -2.51. The summed E-state index contributed by atoms with van der Waals surface area (Å²) in [6, 6.07) is 51.4. The van der Waals surface area contributed by atoms with Crippen molar-refractivity contribution in [3.63, 3.8) is 0 Å². The van der Waals surface area contributed by atoms with Crippen LogP contribution in [0.1, 0.15) is 22.3 Å². The van der Waals surface area contributed by atoms with Crippen molar-refractivity contribution in [2.24, 2.45) is 5.10 Å². The molecule has 1 N–H and O–H groups in total. The molecule has 0 fully saturated rings. The van der Waals surface area contributed by atoms with Gasteiger partial charge in [-0.1, -0.05) is 132 Å². The smallest absolute Gasteiger partial charge is 0.147 e. The van der Waals surface area contributed by atoms with Gasteiger partial charge in [-0.25, -0.2) is 0 Å². The highest BCUT2D eigenvalue weighted by Gasteiger charge is 2.63. The lowest BCUT2D eigenvalue weighted by Crippen LogP contribution is -2.75. The number of nitrogens with one attached hydrogen (secondary N) is 1. The molecular weight excluding hydrogens is 452 g/mol. The number of para-hydroxylation sites is 1. The van der Waals surface area contributed by atoms with E-state index < -0.39 is 5.54 Å². The fourth-order valence-electron chi connectivity index (χ4n) is 5.58. The van der Waals surface area contributed by atoms with E-state index in [9.17, 15) is 0 Å². The largest absolute Gasteiger partial charge is 0.229 e. The minimum atomic E-state index is -0.745. The summed E-state index contributed by atoms with van der Waals surface area (Å²) in [5.74, 6) is 0. The summed E-state index contributed by atoms with van der Waals surface area (Å²) in [5.41, 5.74) is 9.61. The number of anilines is 1. The number of benzene rings is 5. The lowest BCUT2D eigenvalue weighted by molar-refractivity contribution is 0.117. The van der Waals surface area contributed by atoms with E-state index in [1.807, 2.05) is 12.4 Å². The quantitative estimate of drug-likeness (QED) is 0.206. The van der Waals surface area contributed by atoms with Crippen molar-refractivity contribution in [1.82, 2.24) is 10.2 Å². The first-order valence-electron chi connectivity index (χ1n) is 12.5. The number of hydrogen-bond acceptors (Lipinski definition) is 3. The average molecular weight is 482 g/mol. The number of hydrazone groups is 1. The Morgan fingerprint density at radius 2 is 1.00 bits per heavy atom. The maximum atomic E-state index is 4.76. The molecule has 1 atom stereocenters. The monoisotopic (exact) mass is 481 g/mol. The molecule has 0 aliphatic carbocycles. The Morgan fingerprint density at radius 1 is 0.568 bits per heavy atom. The van der Waals surface area contributed by atoms with Crippen molar-refractivity contribution in [2.75, 3.05) is 5.01 Å². The average Bonchev–Trinajstić information content (AvgIpc) is 3.42. The van der Waals surface area contributed by atoms with E-state index in [0.717, 1.165) is 28.1 Å². The van der Waals surface area contributed by atoms with Crippen LogP contribution in [0.3, 0.4) is 0 Å². The molecule has 4 nitrogen and oxygen atoms in total. The maximum Gasteiger partial charge on any atom is 0.229 e. The van der Waals surface area contributed by atoms with Gasteiger partial charge >= 0.3 is 0 Å². The molecule has 1 aliphatic heterocycles. The highest BCUT2D eigenvalue weighted by atomic mass is 16.0. The summed E-state index contributed by atoms with van der Waals surface area (Å²) in [5, 5.41) is 6.99. The summed E-state index contributed by atoms with van der Waals surface area (Å²) in [6.07, 6.45) is 1.90. The Labute approximate surface area is 218 Å². The molecule has 0 spiro atoms. The molecule has 1 aliphatic rings. The molecule has 0 saturated carbocycles. The molecule has 0 saturated heterocycles. The second-order valence-corrected chi connectivity index (χ2v) is 9.30. The summed E-state index contributed by atoms with van der Waals surface area (Å²) >= 11 is 0. The fourth-order valence-corrected chi connectivity index (χ4v) is 5.58. The van der Waals surface area contributed by atoms with Gasteiger partial charge in [0.2, 0.25) is 5.54 Å². The van der Waals surface area contributed by atoms with Crippen LogP contribution in [0.15, 0.2) is 151 Å². The molecule has 1 unspecified atom stereocenters. The second kappa shape index (κ2) is 9.41. The van der Waals surface area contributed by atoms with Gasteiger partial charge in [-0.2, -0.15) is 0 Å². The van der Waals surface area contributed by atoms with Gasteiger partial charge in [-0.05, 0) is 19.1 Å². The topological polar surface area (TPSA) is 27.6 Å². The van der Waals surface area contributed by atoms with Crippen LogP contribution in [0, 0.1) is 6.92 Å². The third-order valence-electron chi connectivity index (χ3n) is 7.18. The first-order valence-corrected chi connectivity index (χ1v) is 12.5. The van der Waals surface area contributed by atoms with Crippen LogP contribution < -0.4 is 15.2 Å². The maximum absolute atomic E-state index is 4.76. The molecule has 6 rings (SSSR count). The highest BCUT2D eigenvalue weighted by Crippen LogP contribution is 2.51. The van der Waals surface area contributed by atoms with E-state index in [1.165, 1.54) is 5.56 Å². The Bertz CT molecular complexity index is 1390. The van der Waals surface area contributed by atoms with Gasteiger partial charge in [-0.3, -0.25) is 0 Å². The van der Waals surface area contributed by atoms with Gasteiger partial charge in [-0.15, -0.1) is 15.6 Å². The first-order chi connectivity index (χ1) is 18.3. The first kappa shape index (κ1) is 22.8. The Morgan fingerprint density at radius 3 is 1.46 bits per heavy atom. The molecule has 4 heteroatoms. The molecule has 0 aromatic heterocycles. The number of aryl methyl sites for hydroxylation is 1. The van der Waals surface area contributed by atoms with Crippen LogP contribution in [0.25, 0.3) is 0 Å². The van der Waals surface area contributed by atoms with E-state index >= 15 is 0 Å². The highest BCUT2D eigenvalue weighted by molar-refractivity contribution is 5.85. The molecule has 0 radical (unpaired) electrons. The van der Waals surface area contributed by atoms with Crippen LogP contribution in [0.5, 0.6) is 0 Å². The fraction of sp³-hybridized carbons (Fsp3) is 0.0606. The van der Waals surface area contributed by atoms with Crippen LogP contribution >= 0.6 is 0 Å². The minimum absolute atomic E-state index is 0.190. The van der Waals surface area contributed by atoms with Crippen molar-refractivity contribution in [1.29, 1.82) is 0 Å². The van der Waals surface area contributed by atoms with Crippen LogP contribution in [0.2, 0.25) is 0 Å². The van der Waals surface area contributed by atoms with E-state index in [0.29, 0.717) is 0 Å². The Balaban J connectivity index is 1.81. The number of hydrogen-bond donors (Lipinski definition) is 1. The van der Waals surface area contributed by atoms with E-state index in [2.05, 4.69) is 157 Å². The SMILES string of the molecule is Cc1ccc([N+]2(C(c3ccccc3)(c3ccccc3)c3ccccc3)NN=CN2c2ccccc2)cc1. The summed E-state index contributed by atoms with van der Waals surface area (Å²) in [7, 11) is 0. The molecular formula is C33H29N4+. The predicted molar refractivity (Wildman–Crippen MR) is 153 cm³/mol.